The number of aromatic amines is 1. The van der Waals surface area contributed by atoms with Crippen molar-refractivity contribution in [2.24, 2.45) is 0 Å². The van der Waals surface area contributed by atoms with E-state index in [0.29, 0.717) is 31.1 Å². The third-order valence-electron chi connectivity index (χ3n) is 6.90. The minimum atomic E-state index is 0.107. The number of H-pyrrole nitrogens is 1. The minimum absolute atomic E-state index is 0.107. The van der Waals surface area contributed by atoms with Gasteiger partial charge >= 0.3 is 0 Å². The van der Waals surface area contributed by atoms with Crippen LogP contribution in [-0.2, 0) is 17.9 Å². The number of aryl methyl sites for hydroxylation is 1. The van der Waals surface area contributed by atoms with Crippen molar-refractivity contribution in [3.05, 3.63) is 54.2 Å². The predicted molar refractivity (Wildman–Crippen MR) is 127 cm³/mol. The molecule has 1 amide bonds. The van der Waals surface area contributed by atoms with Crippen LogP contribution in [0.4, 0.5) is 0 Å². The van der Waals surface area contributed by atoms with Gasteiger partial charge in [-0.15, -0.1) is 0 Å². The lowest BCUT2D eigenvalue weighted by Gasteiger charge is -2.17. The van der Waals surface area contributed by atoms with Gasteiger partial charge in [0, 0.05) is 61.0 Å². The Balaban J connectivity index is 1.49. The second-order valence-corrected chi connectivity index (χ2v) is 9.35. The molecular formula is C25H24N8O. The van der Waals surface area contributed by atoms with Gasteiger partial charge in [-0.25, -0.2) is 9.97 Å². The summed E-state index contributed by atoms with van der Waals surface area (Å²) in [5.74, 6) is 0.596. The van der Waals surface area contributed by atoms with Crippen molar-refractivity contribution in [1.82, 2.24) is 39.2 Å². The Labute approximate surface area is 195 Å². The van der Waals surface area contributed by atoms with E-state index in [1.807, 2.05) is 42.3 Å². The Morgan fingerprint density at radius 2 is 2.12 bits per heavy atom. The van der Waals surface area contributed by atoms with Crippen LogP contribution in [-0.4, -0.2) is 52.2 Å². The Morgan fingerprint density at radius 3 is 3.00 bits per heavy atom. The van der Waals surface area contributed by atoms with Gasteiger partial charge in [-0.05, 0) is 37.5 Å². The zero-order valence-corrected chi connectivity index (χ0v) is 18.9. The lowest BCUT2D eigenvalue weighted by Crippen LogP contribution is -2.26. The first kappa shape index (κ1) is 19.5. The highest BCUT2D eigenvalue weighted by molar-refractivity contribution is 5.94. The molecule has 7 rings (SSSR count). The van der Waals surface area contributed by atoms with Crippen LogP contribution in [0.5, 0.6) is 0 Å². The number of amides is 1. The molecule has 1 fully saturated rings. The molecule has 1 saturated carbocycles. The summed E-state index contributed by atoms with van der Waals surface area (Å²) >= 11 is 0. The number of nitrogens with zero attached hydrogens (tertiary/aromatic N) is 7. The average Bonchev–Trinajstić information content (AvgIpc) is 3.31. The van der Waals surface area contributed by atoms with Crippen LogP contribution in [0, 0.1) is 0 Å². The van der Waals surface area contributed by atoms with Crippen molar-refractivity contribution in [2.75, 3.05) is 7.05 Å². The summed E-state index contributed by atoms with van der Waals surface area (Å²) in [6.07, 6.45) is 9.48. The Hall–Kier alpha value is -4.01. The van der Waals surface area contributed by atoms with Crippen LogP contribution < -0.4 is 0 Å². The number of rotatable bonds is 1. The van der Waals surface area contributed by atoms with Crippen LogP contribution in [0.25, 0.3) is 39.2 Å². The van der Waals surface area contributed by atoms with E-state index in [4.69, 9.17) is 10.1 Å². The summed E-state index contributed by atoms with van der Waals surface area (Å²) in [5, 5.41) is 13.6. The highest BCUT2D eigenvalue weighted by Gasteiger charge is 2.31. The maximum atomic E-state index is 12.9. The third kappa shape index (κ3) is 3.03. The lowest BCUT2D eigenvalue weighted by atomic mass is 10.0. The smallest absolute Gasteiger partial charge is 0.222 e. The molecule has 0 aromatic carbocycles. The number of nitrogens with one attached hydrogen (secondary N) is 1. The van der Waals surface area contributed by atoms with Gasteiger partial charge in [0.1, 0.15) is 5.65 Å². The maximum Gasteiger partial charge on any atom is 0.222 e. The van der Waals surface area contributed by atoms with Gasteiger partial charge in [0.2, 0.25) is 5.91 Å². The van der Waals surface area contributed by atoms with Crippen LogP contribution in [0.1, 0.15) is 43.0 Å². The number of hydrogen-bond acceptors (Lipinski definition) is 5. The van der Waals surface area contributed by atoms with E-state index in [1.54, 1.807) is 4.90 Å². The van der Waals surface area contributed by atoms with Gasteiger partial charge in [0.15, 0.2) is 5.65 Å². The number of carbonyl (C=O) groups excluding carboxylic acids is 1. The summed E-state index contributed by atoms with van der Waals surface area (Å²) in [7, 11) is 1.85. The van der Waals surface area contributed by atoms with Gasteiger partial charge in [0.05, 0.1) is 29.3 Å². The molecule has 2 aliphatic rings. The second-order valence-electron chi connectivity index (χ2n) is 9.35. The van der Waals surface area contributed by atoms with Crippen molar-refractivity contribution in [3.8, 4) is 22.5 Å². The number of hydrogen-bond donors (Lipinski definition) is 1. The SMILES string of the molecule is CN1Cc2nc3ccccn3c2-c2cnc3n[nH]c(c3c2)-c2cn(nc2C2CC2)CCCC1=O. The molecule has 0 unspecified atom stereocenters. The van der Waals surface area contributed by atoms with Gasteiger partial charge in [-0.2, -0.15) is 10.2 Å². The molecule has 9 nitrogen and oxygen atoms in total. The Bertz CT molecular complexity index is 1570. The molecule has 0 radical (unpaired) electrons. The van der Waals surface area contributed by atoms with Gasteiger partial charge in [-0.3, -0.25) is 19.0 Å². The van der Waals surface area contributed by atoms with Crippen molar-refractivity contribution < 1.29 is 4.79 Å². The quantitative estimate of drug-likeness (QED) is 0.418. The highest BCUT2D eigenvalue weighted by atomic mass is 16.2. The van der Waals surface area contributed by atoms with E-state index in [-0.39, 0.29) is 5.91 Å². The summed E-state index contributed by atoms with van der Waals surface area (Å²) in [6.45, 7) is 1.14. The summed E-state index contributed by atoms with van der Waals surface area (Å²) in [6, 6.07) is 8.09. The minimum Gasteiger partial charge on any atom is -0.340 e. The fourth-order valence-electron chi connectivity index (χ4n) is 4.99. The number of aromatic nitrogens is 7. The zero-order valence-electron chi connectivity index (χ0n) is 18.9. The monoisotopic (exact) mass is 452 g/mol. The predicted octanol–water partition coefficient (Wildman–Crippen LogP) is 3.77. The molecule has 34 heavy (non-hydrogen) atoms. The first-order valence-corrected chi connectivity index (χ1v) is 11.8. The first-order chi connectivity index (χ1) is 16.7. The fourth-order valence-corrected chi connectivity index (χ4v) is 4.99. The van der Waals surface area contributed by atoms with E-state index in [2.05, 4.69) is 31.8 Å². The second kappa shape index (κ2) is 7.24. The first-order valence-electron chi connectivity index (χ1n) is 11.8. The van der Waals surface area contributed by atoms with Crippen molar-refractivity contribution in [2.45, 2.75) is 44.7 Å². The van der Waals surface area contributed by atoms with Gasteiger partial charge < -0.3 is 4.90 Å². The normalized spacial score (nSPS) is 16.7. The number of carbonyl (C=O) groups is 1. The van der Waals surface area contributed by atoms with Crippen LogP contribution in [0.3, 0.4) is 0 Å². The summed E-state index contributed by atoms with van der Waals surface area (Å²) in [5.41, 5.74) is 7.43. The third-order valence-corrected chi connectivity index (χ3v) is 6.90. The van der Waals surface area contributed by atoms with Crippen molar-refractivity contribution in [3.63, 3.8) is 0 Å². The topological polar surface area (TPSA) is 97.0 Å². The van der Waals surface area contributed by atoms with Crippen LogP contribution in [0.2, 0.25) is 0 Å². The number of pyridine rings is 2. The van der Waals surface area contributed by atoms with E-state index in [9.17, 15) is 4.79 Å². The van der Waals surface area contributed by atoms with Crippen molar-refractivity contribution >= 4 is 22.6 Å². The molecule has 0 atom stereocenters. The Kier molecular flexibility index (Phi) is 4.15. The fraction of sp³-hybridized carbons (Fsp3) is 0.320. The van der Waals surface area contributed by atoms with Crippen molar-refractivity contribution in [1.29, 1.82) is 0 Å². The molecule has 1 N–H and O–H groups in total. The highest BCUT2D eigenvalue weighted by Crippen LogP contribution is 2.44. The summed E-state index contributed by atoms with van der Waals surface area (Å²) < 4.78 is 4.06. The standard InChI is InChI=1S/C25H24N8O/c1-31-14-19-24(33-10-3-2-5-20(33)27-19)16-11-17-23(28-29-25(17)26-12-16)18-13-32(9-4-6-21(31)34)30-22(18)15-7-8-15/h2-3,5,10-13,15H,4,6-9,14H2,1H3,(H,26,28,29). The van der Waals surface area contributed by atoms with Crippen LogP contribution >= 0.6 is 0 Å². The Morgan fingerprint density at radius 1 is 1.21 bits per heavy atom. The van der Waals surface area contributed by atoms with Gasteiger partial charge in [0.25, 0.3) is 0 Å². The molecule has 0 saturated heterocycles. The zero-order chi connectivity index (χ0) is 22.8. The molecule has 5 aromatic rings. The molecule has 9 heteroatoms. The van der Waals surface area contributed by atoms with E-state index >= 15 is 0 Å². The molecule has 4 bridgehead atoms. The largest absolute Gasteiger partial charge is 0.340 e. The molecular weight excluding hydrogens is 428 g/mol. The number of imidazole rings is 1. The van der Waals surface area contributed by atoms with E-state index in [0.717, 1.165) is 64.2 Å². The van der Waals surface area contributed by atoms with Crippen LogP contribution in [0.15, 0.2) is 42.9 Å². The molecule has 0 spiro atoms. The number of fused-ring (bicyclic) bond motifs is 8. The molecule has 1 aliphatic carbocycles. The molecule has 170 valence electrons. The van der Waals surface area contributed by atoms with E-state index in [1.165, 1.54) is 0 Å². The maximum absolute atomic E-state index is 12.9. The molecule has 1 aliphatic heterocycles. The molecule has 5 aromatic heterocycles. The molecule has 6 heterocycles. The lowest BCUT2D eigenvalue weighted by molar-refractivity contribution is -0.130. The average molecular weight is 453 g/mol. The van der Waals surface area contributed by atoms with E-state index < -0.39 is 0 Å². The van der Waals surface area contributed by atoms with Gasteiger partial charge in [-0.1, -0.05) is 6.07 Å². The summed E-state index contributed by atoms with van der Waals surface area (Å²) in [4.78, 5) is 24.3.